The van der Waals surface area contributed by atoms with Crippen LogP contribution < -0.4 is 5.32 Å². The van der Waals surface area contributed by atoms with E-state index in [2.05, 4.69) is 10.3 Å². The number of ether oxygens (including phenoxy) is 2. The Balaban J connectivity index is 2.22. The van der Waals surface area contributed by atoms with Crippen LogP contribution in [0.25, 0.3) is 0 Å². The van der Waals surface area contributed by atoms with Crippen molar-refractivity contribution in [2.45, 2.75) is 19.1 Å². The van der Waals surface area contributed by atoms with Crippen molar-refractivity contribution >= 4 is 11.7 Å². The van der Waals surface area contributed by atoms with Gasteiger partial charge >= 0.3 is 0 Å². The Morgan fingerprint density at radius 1 is 1.43 bits per heavy atom. The van der Waals surface area contributed by atoms with Gasteiger partial charge in [-0.2, -0.15) is 0 Å². The van der Waals surface area contributed by atoms with E-state index in [0.717, 1.165) is 6.20 Å². The molecule has 2 rings (SSSR count). The molecule has 1 N–H and O–H groups in total. The lowest BCUT2D eigenvalue weighted by atomic mass is 10.2. The van der Waals surface area contributed by atoms with Gasteiger partial charge in [0.05, 0.1) is 11.8 Å². The van der Waals surface area contributed by atoms with Crippen LogP contribution in [0.3, 0.4) is 0 Å². The van der Waals surface area contributed by atoms with Crippen LogP contribution in [-0.4, -0.2) is 61.9 Å². The van der Waals surface area contributed by atoms with Crippen molar-refractivity contribution in [1.29, 1.82) is 0 Å². The third-order valence-corrected chi connectivity index (χ3v) is 3.54. The Kier molecular flexibility index (Phi) is 5.08. The molecule has 0 aromatic carbocycles. The first-order chi connectivity index (χ1) is 10.1. The molecule has 1 amide bonds. The second-order valence-corrected chi connectivity index (χ2v) is 4.84. The van der Waals surface area contributed by atoms with Gasteiger partial charge < -0.3 is 19.7 Å². The van der Waals surface area contributed by atoms with Gasteiger partial charge in [0.25, 0.3) is 5.91 Å². The lowest BCUT2D eigenvalue weighted by Gasteiger charge is -2.18. The van der Waals surface area contributed by atoms with Crippen LogP contribution in [-0.2, 0) is 9.47 Å². The summed E-state index contributed by atoms with van der Waals surface area (Å²) in [4.78, 5) is 18.1. The average molecular weight is 297 g/mol. The van der Waals surface area contributed by atoms with E-state index in [9.17, 15) is 9.18 Å². The molecule has 1 fully saturated rings. The zero-order valence-electron chi connectivity index (χ0n) is 12.4. The maximum absolute atomic E-state index is 13.4. The molecular weight excluding hydrogens is 277 g/mol. The quantitative estimate of drug-likeness (QED) is 0.883. The van der Waals surface area contributed by atoms with Crippen LogP contribution in [0.2, 0.25) is 0 Å². The summed E-state index contributed by atoms with van der Waals surface area (Å²) in [6.07, 6.45) is 0.736. The summed E-state index contributed by atoms with van der Waals surface area (Å²) in [6, 6.07) is 1.20. The maximum atomic E-state index is 13.4. The average Bonchev–Trinajstić information content (AvgIpc) is 2.92. The van der Waals surface area contributed by atoms with E-state index in [1.807, 2.05) is 6.92 Å². The number of amides is 1. The highest BCUT2D eigenvalue weighted by Gasteiger charge is 2.36. The van der Waals surface area contributed by atoms with E-state index < -0.39 is 5.82 Å². The fraction of sp³-hybridized carbons (Fsp3) is 0.571. The Bertz CT molecular complexity index is 500. The molecule has 21 heavy (non-hydrogen) atoms. The molecule has 1 aliphatic heterocycles. The van der Waals surface area contributed by atoms with E-state index in [1.54, 1.807) is 19.1 Å². The summed E-state index contributed by atoms with van der Waals surface area (Å²) in [5.41, 5.74) is 0.225. The third-order valence-electron chi connectivity index (χ3n) is 3.54. The Morgan fingerprint density at radius 3 is 2.57 bits per heavy atom. The number of hydrogen-bond acceptors (Lipinski definition) is 5. The molecule has 1 aliphatic rings. The minimum atomic E-state index is -0.536. The molecule has 116 valence electrons. The van der Waals surface area contributed by atoms with Gasteiger partial charge in [0.2, 0.25) is 0 Å². The number of hydrogen-bond donors (Lipinski definition) is 1. The summed E-state index contributed by atoms with van der Waals surface area (Å²) in [6.45, 7) is 3.31. The van der Waals surface area contributed by atoms with E-state index in [1.165, 1.54) is 6.07 Å². The van der Waals surface area contributed by atoms with Gasteiger partial charge in [0, 0.05) is 33.9 Å². The molecule has 6 nitrogen and oxygen atoms in total. The first kappa shape index (κ1) is 15.7. The normalized spacial score (nSPS) is 21.6. The number of likely N-dealkylation sites (tertiary alicyclic amines) is 1. The molecule has 2 atom stereocenters. The van der Waals surface area contributed by atoms with Crippen molar-refractivity contribution in [1.82, 2.24) is 9.88 Å². The van der Waals surface area contributed by atoms with E-state index in [-0.39, 0.29) is 23.7 Å². The van der Waals surface area contributed by atoms with Crippen LogP contribution >= 0.6 is 0 Å². The number of pyridine rings is 1. The summed E-state index contributed by atoms with van der Waals surface area (Å²) >= 11 is 0. The second kappa shape index (κ2) is 6.82. The Morgan fingerprint density at radius 2 is 2.05 bits per heavy atom. The monoisotopic (exact) mass is 297 g/mol. The lowest BCUT2D eigenvalue weighted by molar-refractivity contribution is -0.00461. The molecule has 0 spiro atoms. The number of halogens is 1. The van der Waals surface area contributed by atoms with Crippen LogP contribution in [0.5, 0.6) is 0 Å². The van der Waals surface area contributed by atoms with Gasteiger partial charge in [-0.05, 0) is 13.0 Å². The van der Waals surface area contributed by atoms with Crippen molar-refractivity contribution in [2.24, 2.45) is 0 Å². The first-order valence-corrected chi connectivity index (χ1v) is 6.85. The molecule has 7 heteroatoms. The fourth-order valence-corrected chi connectivity index (χ4v) is 2.44. The molecule has 0 bridgehead atoms. The van der Waals surface area contributed by atoms with Crippen molar-refractivity contribution in [3.05, 3.63) is 23.6 Å². The summed E-state index contributed by atoms with van der Waals surface area (Å²) in [5.74, 6) is -0.427. The van der Waals surface area contributed by atoms with Crippen LogP contribution in [0.1, 0.15) is 17.3 Å². The van der Waals surface area contributed by atoms with Gasteiger partial charge in [-0.15, -0.1) is 0 Å². The van der Waals surface area contributed by atoms with Gasteiger partial charge in [-0.25, -0.2) is 9.37 Å². The predicted octanol–water partition coefficient (Wildman–Crippen LogP) is 1.14. The smallest absolute Gasteiger partial charge is 0.257 e. The number of anilines is 1. The maximum Gasteiger partial charge on any atom is 0.257 e. The fourth-order valence-electron chi connectivity index (χ4n) is 2.44. The van der Waals surface area contributed by atoms with E-state index in [0.29, 0.717) is 25.5 Å². The van der Waals surface area contributed by atoms with Gasteiger partial charge in [-0.3, -0.25) is 4.79 Å². The highest BCUT2D eigenvalue weighted by molar-refractivity contribution is 5.99. The standard InChI is InChI=1S/C14H20FN3O3/c1-4-16-13-10(5-9(15)6-17-13)14(19)18-7-11(20-2)12(8-18)21-3/h5-6,11-12H,4,7-8H2,1-3H3,(H,16,17). The number of aromatic nitrogens is 1. The molecule has 1 aromatic heterocycles. The molecule has 1 aromatic rings. The van der Waals surface area contributed by atoms with Gasteiger partial charge in [0.1, 0.15) is 23.8 Å². The molecule has 0 aliphatic carbocycles. The zero-order chi connectivity index (χ0) is 15.4. The van der Waals surface area contributed by atoms with Crippen molar-refractivity contribution in [3.63, 3.8) is 0 Å². The van der Waals surface area contributed by atoms with E-state index >= 15 is 0 Å². The van der Waals surface area contributed by atoms with Crippen LogP contribution in [0.4, 0.5) is 10.2 Å². The largest absolute Gasteiger partial charge is 0.377 e. The number of nitrogens with zero attached hydrogens (tertiary/aromatic N) is 2. The molecule has 2 unspecified atom stereocenters. The van der Waals surface area contributed by atoms with Crippen molar-refractivity contribution < 1.29 is 18.7 Å². The summed E-state index contributed by atoms with van der Waals surface area (Å²) in [7, 11) is 3.16. The van der Waals surface area contributed by atoms with Crippen LogP contribution in [0.15, 0.2) is 12.3 Å². The highest BCUT2D eigenvalue weighted by Crippen LogP contribution is 2.21. The number of rotatable bonds is 5. The van der Waals surface area contributed by atoms with E-state index in [4.69, 9.17) is 9.47 Å². The van der Waals surface area contributed by atoms with Crippen molar-refractivity contribution in [3.8, 4) is 0 Å². The Labute approximate surface area is 123 Å². The third kappa shape index (κ3) is 3.30. The molecule has 0 radical (unpaired) electrons. The second-order valence-electron chi connectivity index (χ2n) is 4.84. The zero-order valence-corrected chi connectivity index (χ0v) is 12.4. The Hall–Kier alpha value is -1.73. The number of carbonyl (C=O) groups excluding carboxylic acids is 1. The van der Waals surface area contributed by atoms with Gasteiger partial charge in [-0.1, -0.05) is 0 Å². The summed E-state index contributed by atoms with van der Waals surface area (Å²) in [5, 5.41) is 2.97. The number of methoxy groups -OCH3 is 2. The molecular formula is C14H20FN3O3. The predicted molar refractivity (Wildman–Crippen MR) is 75.9 cm³/mol. The molecule has 0 saturated carbocycles. The number of nitrogens with one attached hydrogen (secondary N) is 1. The first-order valence-electron chi connectivity index (χ1n) is 6.85. The topological polar surface area (TPSA) is 63.7 Å². The molecule has 1 saturated heterocycles. The number of carbonyl (C=O) groups is 1. The van der Waals surface area contributed by atoms with Crippen LogP contribution in [0, 0.1) is 5.82 Å². The minimum absolute atomic E-state index is 0.178. The minimum Gasteiger partial charge on any atom is -0.377 e. The lowest BCUT2D eigenvalue weighted by Crippen LogP contribution is -2.31. The van der Waals surface area contributed by atoms with Crippen molar-refractivity contribution in [2.75, 3.05) is 39.2 Å². The SMILES string of the molecule is CCNc1ncc(F)cc1C(=O)N1CC(OC)C(OC)C1. The molecule has 2 heterocycles. The summed E-state index contributed by atoms with van der Waals surface area (Å²) < 4.78 is 24.0. The highest BCUT2D eigenvalue weighted by atomic mass is 19.1. The van der Waals surface area contributed by atoms with Gasteiger partial charge in [0.15, 0.2) is 0 Å².